The van der Waals surface area contributed by atoms with E-state index in [4.69, 9.17) is 0 Å². The van der Waals surface area contributed by atoms with Gasteiger partial charge < -0.3 is 0 Å². The summed E-state index contributed by atoms with van der Waals surface area (Å²) in [5.74, 6) is 0. The second-order valence-corrected chi connectivity index (χ2v) is 4.15. The molecule has 2 aromatic rings. The zero-order valence-corrected chi connectivity index (χ0v) is 10.4. The van der Waals surface area contributed by atoms with Crippen molar-refractivity contribution in [3.8, 4) is 5.69 Å². The van der Waals surface area contributed by atoms with E-state index in [0.29, 0.717) is 0 Å². The number of nitrogens with one attached hydrogen (secondary N) is 1. The number of aromatic nitrogens is 2. The Bertz CT molecular complexity index is 537. The Morgan fingerprint density at radius 2 is 1.88 bits per heavy atom. The molecular formula is C14H18N2O. The van der Waals surface area contributed by atoms with Crippen molar-refractivity contribution >= 4 is 0 Å². The van der Waals surface area contributed by atoms with Gasteiger partial charge >= 0.3 is 0 Å². The molecule has 0 atom stereocenters. The van der Waals surface area contributed by atoms with Crippen LogP contribution >= 0.6 is 0 Å². The van der Waals surface area contributed by atoms with Crippen LogP contribution in [0, 0.1) is 0 Å². The van der Waals surface area contributed by atoms with Crippen LogP contribution < -0.4 is 5.56 Å². The molecule has 17 heavy (non-hydrogen) atoms. The van der Waals surface area contributed by atoms with E-state index in [1.54, 1.807) is 4.68 Å². The molecule has 0 spiro atoms. The number of rotatable bonds is 4. The van der Waals surface area contributed by atoms with Gasteiger partial charge in [-0.3, -0.25) is 9.89 Å². The molecule has 0 saturated heterocycles. The molecule has 0 aliphatic rings. The van der Waals surface area contributed by atoms with Crippen LogP contribution in [0.1, 0.15) is 31.5 Å². The highest BCUT2D eigenvalue weighted by Gasteiger charge is 2.12. The summed E-state index contributed by atoms with van der Waals surface area (Å²) in [6.07, 6.45) is 2.71. The van der Waals surface area contributed by atoms with Gasteiger partial charge in [-0.15, -0.1) is 0 Å². The molecule has 1 aromatic carbocycles. The minimum atomic E-state index is 0.0925. The van der Waals surface area contributed by atoms with Crippen molar-refractivity contribution in [2.75, 3.05) is 0 Å². The maximum Gasteiger partial charge on any atom is 0.274 e. The Morgan fingerprint density at radius 1 is 1.18 bits per heavy atom. The third-order valence-corrected chi connectivity index (χ3v) is 2.94. The van der Waals surface area contributed by atoms with Gasteiger partial charge in [0.25, 0.3) is 5.56 Å². The molecular weight excluding hydrogens is 212 g/mol. The minimum Gasteiger partial charge on any atom is -0.295 e. The van der Waals surface area contributed by atoms with Gasteiger partial charge in [0, 0.05) is 11.3 Å². The summed E-state index contributed by atoms with van der Waals surface area (Å²) in [6, 6.07) is 9.70. The van der Waals surface area contributed by atoms with Crippen LogP contribution in [0.15, 0.2) is 35.1 Å². The molecule has 0 unspecified atom stereocenters. The molecule has 0 saturated carbocycles. The van der Waals surface area contributed by atoms with Crippen molar-refractivity contribution in [3.63, 3.8) is 0 Å². The molecule has 0 bridgehead atoms. The topological polar surface area (TPSA) is 37.8 Å². The molecule has 3 nitrogen and oxygen atoms in total. The fourth-order valence-corrected chi connectivity index (χ4v) is 2.08. The minimum absolute atomic E-state index is 0.0925. The lowest BCUT2D eigenvalue weighted by Gasteiger charge is -1.99. The maximum atomic E-state index is 12.3. The molecule has 0 amide bonds. The number of aromatic amines is 1. The number of para-hydroxylation sites is 1. The number of benzene rings is 1. The van der Waals surface area contributed by atoms with E-state index in [-0.39, 0.29) is 5.56 Å². The first-order valence-electron chi connectivity index (χ1n) is 6.16. The number of hydrogen-bond acceptors (Lipinski definition) is 1. The Kier molecular flexibility index (Phi) is 3.47. The Labute approximate surface area is 101 Å². The van der Waals surface area contributed by atoms with Crippen molar-refractivity contribution in [1.29, 1.82) is 0 Å². The largest absolute Gasteiger partial charge is 0.295 e. The third-order valence-electron chi connectivity index (χ3n) is 2.94. The lowest BCUT2D eigenvalue weighted by Crippen LogP contribution is -2.17. The van der Waals surface area contributed by atoms with Crippen LogP contribution in [0.3, 0.4) is 0 Å². The zero-order chi connectivity index (χ0) is 12.3. The van der Waals surface area contributed by atoms with Crippen molar-refractivity contribution in [1.82, 2.24) is 9.78 Å². The number of nitrogens with zero attached hydrogens (tertiary/aromatic N) is 1. The van der Waals surface area contributed by atoms with Crippen molar-refractivity contribution in [3.05, 3.63) is 51.9 Å². The van der Waals surface area contributed by atoms with E-state index < -0.39 is 0 Å². The van der Waals surface area contributed by atoms with E-state index in [9.17, 15) is 4.79 Å². The predicted octanol–water partition coefficient (Wildman–Crippen LogP) is 2.68. The summed E-state index contributed by atoms with van der Waals surface area (Å²) in [4.78, 5) is 12.3. The summed E-state index contributed by atoms with van der Waals surface area (Å²) >= 11 is 0. The molecule has 1 N–H and O–H groups in total. The summed E-state index contributed by atoms with van der Waals surface area (Å²) in [6.45, 7) is 4.17. The van der Waals surface area contributed by atoms with Crippen LogP contribution in [0.25, 0.3) is 5.69 Å². The van der Waals surface area contributed by atoms with E-state index >= 15 is 0 Å². The fourth-order valence-electron chi connectivity index (χ4n) is 2.08. The highest BCUT2D eigenvalue weighted by molar-refractivity contribution is 5.32. The molecule has 0 aliphatic carbocycles. The Morgan fingerprint density at radius 3 is 2.47 bits per heavy atom. The van der Waals surface area contributed by atoms with Gasteiger partial charge in [-0.05, 0) is 25.0 Å². The third kappa shape index (κ3) is 2.18. The first kappa shape index (κ1) is 11.7. The van der Waals surface area contributed by atoms with Gasteiger partial charge in [0.2, 0.25) is 0 Å². The molecule has 0 aliphatic heterocycles. The quantitative estimate of drug-likeness (QED) is 0.861. The van der Waals surface area contributed by atoms with Crippen LogP contribution in [0.4, 0.5) is 0 Å². The molecule has 90 valence electrons. The van der Waals surface area contributed by atoms with Gasteiger partial charge in [-0.2, -0.15) is 0 Å². The molecule has 1 heterocycles. The molecule has 2 rings (SSSR count). The van der Waals surface area contributed by atoms with E-state index in [1.165, 1.54) is 0 Å². The maximum absolute atomic E-state index is 12.3. The fraction of sp³-hybridized carbons (Fsp3) is 0.357. The summed E-state index contributed by atoms with van der Waals surface area (Å²) < 4.78 is 1.64. The van der Waals surface area contributed by atoms with E-state index in [1.807, 2.05) is 30.3 Å². The van der Waals surface area contributed by atoms with Gasteiger partial charge in [0.15, 0.2) is 0 Å². The predicted molar refractivity (Wildman–Crippen MR) is 69.8 cm³/mol. The first-order chi connectivity index (χ1) is 8.27. The zero-order valence-electron chi connectivity index (χ0n) is 10.4. The van der Waals surface area contributed by atoms with E-state index in [0.717, 1.165) is 36.2 Å². The average Bonchev–Trinajstić information content (AvgIpc) is 2.69. The average molecular weight is 230 g/mol. The number of aryl methyl sites for hydroxylation is 1. The van der Waals surface area contributed by atoms with Gasteiger partial charge in [0.1, 0.15) is 0 Å². The number of H-pyrrole nitrogens is 1. The van der Waals surface area contributed by atoms with Crippen molar-refractivity contribution < 1.29 is 0 Å². The summed E-state index contributed by atoms with van der Waals surface area (Å²) in [5.41, 5.74) is 2.98. The molecule has 3 heteroatoms. The van der Waals surface area contributed by atoms with E-state index in [2.05, 4.69) is 18.9 Å². The van der Waals surface area contributed by atoms with Crippen LogP contribution in [-0.4, -0.2) is 9.78 Å². The lowest BCUT2D eigenvalue weighted by atomic mass is 10.1. The van der Waals surface area contributed by atoms with Crippen LogP contribution in [0.5, 0.6) is 0 Å². The van der Waals surface area contributed by atoms with Crippen LogP contribution in [-0.2, 0) is 12.8 Å². The standard InChI is InChI=1S/C14H18N2O/c1-3-8-12-13(4-2)15-16(14(12)17)11-9-6-5-7-10-11/h5-7,9-10,15H,3-4,8H2,1-2H3. The van der Waals surface area contributed by atoms with Crippen molar-refractivity contribution in [2.24, 2.45) is 0 Å². The highest BCUT2D eigenvalue weighted by atomic mass is 16.1. The van der Waals surface area contributed by atoms with Gasteiger partial charge in [-0.25, -0.2) is 4.68 Å². The molecule has 0 radical (unpaired) electrons. The monoisotopic (exact) mass is 230 g/mol. The lowest BCUT2D eigenvalue weighted by molar-refractivity contribution is 0.819. The normalized spacial score (nSPS) is 10.7. The number of hydrogen-bond donors (Lipinski definition) is 1. The summed E-state index contributed by atoms with van der Waals surface area (Å²) in [5, 5.41) is 3.20. The smallest absolute Gasteiger partial charge is 0.274 e. The second-order valence-electron chi connectivity index (χ2n) is 4.15. The Hall–Kier alpha value is -1.77. The molecule has 0 fully saturated rings. The first-order valence-corrected chi connectivity index (χ1v) is 6.16. The highest BCUT2D eigenvalue weighted by Crippen LogP contribution is 2.09. The van der Waals surface area contributed by atoms with Crippen molar-refractivity contribution in [2.45, 2.75) is 33.1 Å². The van der Waals surface area contributed by atoms with Gasteiger partial charge in [0.05, 0.1) is 5.69 Å². The second kappa shape index (κ2) is 5.04. The van der Waals surface area contributed by atoms with Crippen LogP contribution in [0.2, 0.25) is 0 Å². The SMILES string of the molecule is CCCc1c(CC)[nH]n(-c2ccccc2)c1=O. The Balaban J connectivity index is 2.53. The summed E-state index contributed by atoms with van der Waals surface area (Å²) in [7, 11) is 0. The van der Waals surface area contributed by atoms with Gasteiger partial charge in [-0.1, -0.05) is 38.5 Å². The molecule has 1 aromatic heterocycles.